The molecule has 0 N–H and O–H groups in total. The number of benzene rings is 2. The fourth-order valence-electron chi connectivity index (χ4n) is 2.29. The Hall–Kier alpha value is -2.60. The molecule has 0 atom stereocenters. The van der Waals surface area contributed by atoms with Gasteiger partial charge in [0.1, 0.15) is 5.41 Å². The first-order chi connectivity index (χ1) is 10.0. The normalized spacial score (nSPS) is 12.4. The van der Waals surface area contributed by atoms with Gasteiger partial charge < -0.3 is 5.21 Å². The first-order valence-corrected chi connectivity index (χ1v) is 6.87. The van der Waals surface area contributed by atoms with Gasteiger partial charge in [-0.05, 0) is 26.0 Å². The summed E-state index contributed by atoms with van der Waals surface area (Å²) in [5.74, 6) is 0. The van der Waals surface area contributed by atoms with Gasteiger partial charge in [0.15, 0.2) is 6.54 Å². The van der Waals surface area contributed by atoms with Crippen LogP contribution in [0.3, 0.4) is 0 Å². The molecule has 0 bridgehead atoms. The summed E-state index contributed by atoms with van der Waals surface area (Å²) in [6, 6.07) is 21.1. The molecule has 0 spiro atoms. The Morgan fingerprint density at radius 3 is 2.10 bits per heavy atom. The van der Waals surface area contributed by atoms with Gasteiger partial charge in [-0.15, -0.1) is 0 Å². The summed E-state index contributed by atoms with van der Waals surface area (Å²) >= 11 is 0. The first-order valence-electron chi connectivity index (χ1n) is 6.87. The van der Waals surface area contributed by atoms with E-state index in [1.54, 1.807) is 13.8 Å². The van der Waals surface area contributed by atoms with Gasteiger partial charge in [0.05, 0.1) is 6.07 Å². The summed E-state index contributed by atoms with van der Waals surface area (Å²) in [5, 5.41) is 22.1. The van der Waals surface area contributed by atoms with Crippen molar-refractivity contribution in [2.24, 2.45) is 5.41 Å². The van der Waals surface area contributed by atoms with E-state index in [1.165, 1.54) is 0 Å². The van der Waals surface area contributed by atoms with E-state index < -0.39 is 5.41 Å². The molecule has 0 saturated heterocycles. The van der Waals surface area contributed by atoms with E-state index in [-0.39, 0.29) is 6.54 Å². The Labute approximate surface area is 125 Å². The van der Waals surface area contributed by atoms with E-state index in [0.29, 0.717) is 5.71 Å². The van der Waals surface area contributed by atoms with E-state index in [4.69, 9.17) is 0 Å². The lowest BCUT2D eigenvalue weighted by atomic mass is 9.84. The predicted molar refractivity (Wildman–Crippen MR) is 83.7 cm³/mol. The Balaban J connectivity index is 2.49. The average Bonchev–Trinajstić information content (AvgIpc) is 2.49. The molecule has 0 amide bonds. The summed E-state index contributed by atoms with van der Waals surface area (Å²) < 4.78 is 0.924. The van der Waals surface area contributed by atoms with E-state index in [1.807, 2.05) is 60.7 Å². The van der Waals surface area contributed by atoms with E-state index in [9.17, 15) is 10.5 Å². The van der Waals surface area contributed by atoms with Gasteiger partial charge >= 0.3 is 0 Å². The number of nitriles is 1. The van der Waals surface area contributed by atoms with Crippen LogP contribution in [0.2, 0.25) is 0 Å². The quantitative estimate of drug-likeness (QED) is 0.370. The van der Waals surface area contributed by atoms with Crippen molar-refractivity contribution >= 4 is 5.71 Å². The molecule has 2 aromatic carbocycles. The van der Waals surface area contributed by atoms with Crippen molar-refractivity contribution in [2.75, 3.05) is 0 Å². The summed E-state index contributed by atoms with van der Waals surface area (Å²) in [5.41, 5.74) is 1.36. The molecule has 0 aromatic heterocycles. The van der Waals surface area contributed by atoms with Gasteiger partial charge in [0, 0.05) is 11.1 Å². The Morgan fingerprint density at radius 1 is 1.05 bits per heavy atom. The van der Waals surface area contributed by atoms with Crippen LogP contribution in [0, 0.1) is 22.0 Å². The Bertz CT molecular complexity index is 667. The molecule has 3 nitrogen and oxygen atoms in total. The van der Waals surface area contributed by atoms with Crippen LogP contribution in [0.25, 0.3) is 0 Å². The number of hydrogen-bond donors (Lipinski definition) is 0. The van der Waals surface area contributed by atoms with Crippen molar-refractivity contribution in [3.8, 4) is 6.07 Å². The van der Waals surface area contributed by atoms with Gasteiger partial charge in [-0.2, -0.15) is 5.26 Å². The van der Waals surface area contributed by atoms with Crippen LogP contribution in [-0.2, 0) is 6.54 Å². The summed E-state index contributed by atoms with van der Waals surface area (Å²) in [6.07, 6.45) is 0. The topological polar surface area (TPSA) is 49.9 Å². The molecule has 0 radical (unpaired) electrons. The van der Waals surface area contributed by atoms with Crippen LogP contribution in [-0.4, -0.2) is 10.5 Å². The van der Waals surface area contributed by atoms with Crippen LogP contribution < -0.4 is 0 Å². The summed E-state index contributed by atoms with van der Waals surface area (Å²) in [6.45, 7) is 3.77. The fraction of sp³-hybridized carbons (Fsp3) is 0.222. The first kappa shape index (κ1) is 14.8. The van der Waals surface area contributed by atoms with Gasteiger partial charge in [-0.25, -0.2) is 4.74 Å². The molecular formula is C18H18N2O. The molecule has 3 heteroatoms. The average molecular weight is 278 g/mol. The van der Waals surface area contributed by atoms with Gasteiger partial charge in [-0.1, -0.05) is 48.5 Å². The molecule has 2 rings (SSSR count). The largest absolute Gasteiger partial charge is 0.623 e. The molecule has 0 fully saturated rings. The molecular weight excluding hydrogens is 260 g/mol. The highest BCUT2D eigenvalue weighted by molar-refractivity contribution is 6.02. The molecule has 0 aliphatic carbocycles. The predicted octanol–water partition coefficient (Wildman–Crippen LogP) is 3.74. The Kier molecular flexibility index (Phi) is 4.39. The smallest absolute Gasteiger partial charge is 0.214 e. The Morgan fingerprint density at radius 2 is 1.57 bits per heavy atom. The lowest BCUT2D eigenvalue weighted by Gasteiger charge is -2.20. The van der Waals surface area contributed by atoms with Crippen LogP contribution in [0.15, 0.2) is 60.7 Å². The maximum absolute atomic E-state index is 12.6. The lowest BCUT2D eigenvalue weighted by molar-refractivity contribution is -0.477. The van der Waals surface area contributed by atoms with Crippen molar-refractivity contribution in [1.82, 2.24) is 0 Å². The SMILES string of the molecule is CC(C)(C#N)/C(c1ccccc1)=[N+](\[O-])Cc1ccccc1. The van der Waals surface area contributed by atoms with E-state index in [0.717, 1.165) is 15.9 Å². The van der Waals surface area contributed by atoms with Gasteiger partial charge in [0.2, 0.25) is 5.71 Å². The van der Waals surface area contributed by atoms with Crippen LogP contribution >= 0.6 is 0 Å². The fourth-order valence-corrected chi connectivity index (χ4v) is 2.29. The molecule has 2 aromatic rings. The number of nitrogens with zero attached hydrogens (tertiary/aromatic N) is 2. The van der Waals surface area contributed by atoms with Crippen molar-refractivity contribution in [1.29, 1.82) is 5.26 Å². The third-order valence-electron chi connectivity index (χ3n) is 3.34. The van der Waals surface area contributed by atoms with E-state index >= 15 is 0 Å². The van der Waals surface area contributed by atoms with Crippen LogP contribution in [0.5, 0.6) is 0 Å². The highest BCUT2D eigenvalue weighted by Crippen LogP contribution is 2.22. The second-order valence-electron chi connectivity index (χ2n) is 5.47. The zero-order chi connectivity index (χ0) is 15.3. The molecule has 0 aliphatic heterocycles. The van der Waals surface area contributed by atoms with E-state index in [2.05, 4.69) is 6.07 Å². The van der Waals surface area contributed by atoms with Crippen molar-refractivity contribution in [3.05, 3.63) is 77.0 Å². The third kappa shape index (κ3) is 3.49. The highest BCUT2D eigenvalue weighted by atomic mass is 16.5. The van der Waals surface area contributed by atoms with Crippen LogP contribution in [0.1, 0.15) is 25.0 Å². The third-order valence-corrected chi connectivity index (χ3v) is 3.34. The second-order valence-corrected chi connectivity index (χ2v) is 5.47. The summed E-state index contributed by atoms with van der Waals surface area (Å²) in [7, 11) is 0. The van der Waals surface area contributed by atoms with Gasteiger partial charge in [-0.3, -0.25) is 0 Å². The minimum absolute atomic E-state index is 0.232. The molecule has 0 aliphatic rings. The van der Waals surface area contributed by atoms with Crippen LogP contribution in [0.4, 0.5) is 0 Å². The molecule has 106 valence electrons. The molecule has 0 heterocycles. The monoisotopic (exact) mass is 278 g/mol. The molecule has 21 heavy (non-hydrogen) atoms. The van der Waals surface area contributed by atoms with Crippen molar-refractivity contribution in [2.45, 2.75) is 20.4 Å². The number of hydrogen-bond acceptors (Lipinski definition) is 2. The lowest BCUT2D eigenvalue weighted by Crippen LogP contribution is -2.31. The highest BCUT2D eigenvalue weighted by Gasteiger charge is 2.33. The van der Waals surface area contributed by atoms with Crippen molar-refractivity contribution in [3.63, 3.8) is 0 Å². The standard InChI is InChI=1S/C18H18N2O/c1-18(2,14-19)17(16-11-7-4-8-12-16)20(21)13-15-9-5-3-6-10-15/h3-12H,13H2,1-2H3/b20-17-. The second kappa shape index (κ2) is 6.23. The maximum Gasteiger partial charge on any atom is 0.214 e. The molecule has 0 saturated carbocycles. The minimum atomic E-state index is -0.849. The number of hydroxylamine groups is 1. The summed E-state index contributed by atoms with van der Waals surface area (Å²) in [4.78, 5) is 0. The number of rotatable bonds is 4. The zero-order valence-corrected chi connectivity index (χ0v) is 12.3. The van der Waals surface area contributed by atoms with Crippen molar-refractivity contribution < 1.29 is 4.74 Å². The zero-order valence-electron chi connectivity index (χ0n) is 12.3. The maximum atomic E-state index is 12.6. The minimum Gasteiger partial charge on any atom is -0.623 e. The van der Waals surface area contributed by atoms with Gasteiger partial charge in [0.25, 0.3) is 0 Å². The molecule has 0 unspecified atom stereocenters.